The number of carbonyl (C=O) groups is 4. The van der Waals surface area contributed by atoms with Crippen LogP contribution in [0, 0.1) is 10.1 Å². The largest absolute Gasteiger partial charge is 0.493 e. The fraction of sp³-hybridized carbons (Fsp3) is 0.429. The Kier molecular flexibility index (Phi) is 8.89. The number of ether oxygens (including phenoxy) is 2. The van der Waals surface area contributed by atoms with E-state index in [9.17, 15) is 29.3 Å². The zero-order valence-electron chi connectivity index (χ0n) is 18.2. The van der Waals surface area contributed by atoms with Crippen molar-refractivity contribution in [2.45, 2.75) is 38.6 Å². The molecule has 2 rings (SSSR count). The van der Waals surface area contributed by atoms with E-state index in [0.29, 0.717) is 0 Å². The van der Waals surface area contributed by atoms with Crippen LogP contribution in [0.15, 0.2) is 24.3 Å². The van der Waals surface area contributed by atoms with Gasteiger partial charge >= 0.3 is 5.97 Å². The highest BCUT2D eigenvalue weighted by atomic mass is 16.6. The van der Waals surface area contributed by atoms with E-state index < -0.39 is 34.7 Å². The van der Waals surface area contributed by atoms with Crippen molar-refractivity contribution in [3.63, 3.8) is 0 Å². The first kappa shape index (κ1) is 25.3. The van der Waals surface area contributed by atoms with Gasteiger partial charge in [0.15, 0.2) is 11.5 Å². The van der Waals surface area contributed by atoms with Gasteiger partial charge < -0.3 is 19.9 Å². The van der Waals surface area contributed by atoms with E-state index in [4.69, 9.17) is 14.6 Å². The van der Waals surface area contributed by atoms with Crippen LogP contribution in [-0.2, 0) is 19.2 Å². The Bertz CT molecular complexity index is 956. The molecule has 2 N–H and O–H groups in total. The highest BCUT2D eigenvalue weighted by molar-refractivity contribution is 6.12. The molecular formula is C21H25N3O9. The molecule has 1 aromatic carbocycles. The number of nitro groups is 1. The van der Waals surface area contributed by atoms with Gasteiger partial charge in [0.2, 0.25) is 5.91 Å². The van der Waals surface area contributed by atoms with Crippen molar-refractivity contribution >= 4 is 29.4 Å². The van der Waals surface area contributed by atoms with Crippen LogP contribution in [0.4, 0.5) is 5.69 Å². The van der Waals surface area contributed by atoms with Gasteiger partial charge in [-0.1, -0.05) is 0 Å². The molecule has 1 aromatic rings. The lowest BCUT2D eigenvalue weighted by Crippen LogP contribution is -2.32. The number of carboxylic acid groups (broad SMARTS) is 1. The van der Waals surface area contributed by atoms with Crippen molar-refractivity contribution in [1.29, 1.82) is 0 Å². The molecule has 33 heavy (non-hydrogen) atoms. The Morgan fingerprint density at radius 3 is 2.39 bits per heavy atom. The Labute approximate surface area is 189 Å². The molecular weight excluding hydrogens is 438 g/mol. The van der Waals surface area contributed by atoms with E-state index in [-0.39, 0.29) is 61.6 Å². The van der Waals surface area contributed by atoms with Gasteiger partial charge in [0.25, 0.3) is 17.5 Å². The summed E-state index contributed by atoms with van der Waals surface area (Å²) >= 11 is 0. The van der Waals surface area contributed by atoms with Gasteiger partial charge in [-0.25, -0.2) is 0 Å². The molecule has 12 nitrogen and oxygen atoms in total. The maximum atomic E-state index is 12.3. The molecule has 0 bridgehead atoms. The van der Waals surface area contributed by atoms with Gasteiger partial charge in [-0.3, -0.25) is 34.2 Å². The van der Waals surface area contributed by atoms with Crippen molar-refractivity contribution in [3.8, 4) is 11.5 Å². The van der Waals surface area contributed by atoms with E-state index in [0.717, 1.165) is 17.1 Å². The van der Waals surface area contributed by atoms with Gasteiger partial charge in [0.1, 0.15) is 0 Å². The molecule has 0 fully saturated rings. The van der Waals surface area contributed by atoms with Crippen LogP contribution in [0.1, 0.15) is 44.2 Å². The van der Waals surface area contributed by atoms with E-state index in [1.54, 1.807) is 6.92 Å². The summed E-state index contributed by atoms with van der Waals surface area (Å²) in [6, 6.07) is 1.82. The first-order chi connectivity index (χ1) is 15.6. The minimum Gasteiger partial charge on any atom is -0.493 e. The molecule has 0 aliphatic carbocycles. The average Bonchev–Trinajstić information content (AvgIpc) is 3.08. The molecule has 0 aromatic heterocycles. The van der Waals surface area contributed by atoms with Crippen LogP contribution in [0.2, 0.25) is 0 Å². The van der Waals surface area contributed by atoms with Crippen LogP contribution in [0.25, 0.3) is 0 Å². The van der Waals surface area contributed by atoms with Crippen molar-refractivity contribution in [1.82, 2.24) is 10.2 Å². The van der Waals surface area contributed by atoms with Crippen LogP contribution >= 0.6 is 0 Å². The van der Waals surface area contributed by atoms with Gasteiger partial charge in [-0.05, 0) is 25.8 Å². The standard InChI is InChI=1S/C21H25N3O9/c1-13(22-18(25)5-3-9-23-19(26)7-8-20(23)27)14-11-16(32-2)17(12-15(14)24(30)31)33-10-4-6-21(28)29/h7-8,11-13H,3-6,9-10H2,1-2H3,(H,22,25)(H,28,29). The molecule has 1 unspecified atom stereocenters. The smallest absolute Gasteiger partial charge is 0.303 e. The summed E-state index contributed by atoms with van der Waals surface area (Å²) in [7, 11) is 1.36. The quantitative estimate of drug-likeness (QED) is 0.192. The Morgan fingerprint density at radius 1 is 1.15 bits per heavy atom. The maximum Gasteiger partial charge on any atom is 0.303 e. The number of rotatable bonds is 13. The van der Waals surface area contributed by atoms with Crippen LogP contribution in [0.3, 0.4) is 0 Å². The normalized spacial score (nSPS) is 13.7. The van der Waals surface area contributed by atoms with Gasteiger partial charge in [-0.15, -0.1) is 0 Å². The average molecular weight is 463 g/mol. The number of nitrogens with one attached hydrogen (secondary N) is 1. The second kappa shape index (κ2) is 11.6. The fourth-order valence-corrected chi connectivity index (χ4v) is 3.19. The number of amides is 3. The summed E-state index contributed by atoms with van der Waals surface area (Å²) in [4.78, 5) is 58.0. The molecule has 0 saturated carbocycles. The third-order valence-electron chi connectivity index (χ3n) is 4.83. The number of aliphatic carboxylic acids is 1. The Morgan fingerprint density at radius 2 is 1.82 bits per heavy atom. The predicted octanol–water partition coefficient (Wildman–Crippen LogP) is 1.73. The highest BCUT2D eigenvalue weighted by Crippen LogP contribution is 2.37. The third-order valence-corrected chi connectivity index (χ3v) is 4.83. The summed E-state index contributed by atoms with van der Waals surface area (Å²) in [5.74, 6) is -1.96. The van der Waals surface area contributed by atoms with Gasteiger partial charge in [-0.2, -0.15) is 0 Å². The number of nitro benzene ring substituents is 1. The van der Waals surface area contributed by atoms with Crippen molar-refractivity contribution in [2.75, 3.05) is 20.3 Å². The first-order valence-electron chi connectivity index (χ1n) is 10.2. The molecule has 1 atom stereocenters. The SMILES string of the molecule is COc1cc(C(C)NC(=O)CCCN2C(=O)C=CC2=O)c([N+](=O)[O-])cc1OCCCC(=O)O. The number of carboxylic acids is 1. The topological polar surface area (TPSA) is 165 Å². The lowest BCUT2D eigenvalue weighted by molar-refractivity contribution is -0.385. The van der Waals surface area contributed by atoms with Crippen LogP contribution < -0.4 is 14.8 Å². The fourth-order valence-electron chi connectivity index (χ4n) is 3.19. The van der Waals surface area contributed by atoms with E-state index >= 15 is 0 Å². The summed E-state index contributed by atoms with van der Waals surface area (Å²) in [6.07, 6.45) is 2.68. The lowest BCUT2D eigenvalue weighted by atomic mass is 10.0. The van der Waals surface area contributed by atoms with Crippen molar-refractivity contribution in [3.05, 3.63) is 40.0 Å². The van der Waals surface area contributed by atoms with Gasteiger partial charge in [0.05, 0.1) is 36.3 Å². The molecule has 3 amide bonds. The monoisotopic (exact) mass is 463 g/mol. The Hall–Kier alpha value is -3.96. The number of methoxy groups -OCH3 is 1. The number of carbonyl (C=O) groups excluding carboxylic acids is 3. The number of imide groups is 1. The Balaban J connectivity index is 2.03. The number of nitrogens with zero attached hydrogens (tertiary/aromatic N) is 2. The maximum absolute atomic E-state index is 12.3. The van der Waals surface area contributed by atoms with Crippen molar-refractivity contribution in [2.24, 2.45) is 0 Å². The molecule has 0 radical (unpaired) electrons. The molecule has 0 saturated heterocycles. The zero-order chi connectivity index (χ0) is 24.5. The molecule has 1 heterocycles. The lowest BCUT2D eigenvalue weighted by Gasteiger charge is -2.18. The van der Waals surface area contributed by atoms with Gasteiger partial charge in [0, 0.05) is 31.5 Å². The summed E-state index contributed by atoms with van der Waals surface area (Å²) in [5.41, 5.74) is -0.103. The van der Waals surface area contributed by atoms with E-state index in [1.807, 2.05) is 0 Å². The predicted molar refractivity (Wildman–Crippen MR) is 114 cm³/mol. The molecule has 178 valence electrons. The van der Waals surface area contributed by atoms with Crippen molar-refractivity contribution < 1.29 is 38.7 Å². The zero-order valence-corrected chi connectivity index (χ0v) is 18.2. The number of benzene rings is 1. The van der Waals surface area contributed by atoms with E-state index in [2.05, 4.69) is 5.32 Å². The summed E-state index contributed by atoms with van der Waals surface area (Å²) in [5, 5.41) is 23.0. The molecule has 1 aliphatic rings. The number of hydrogen-bond donors (Lipinski definition) is 2. The number of hydrogen-bond acceptors (Lipinski definition) is 8. The minimum absolute atomic E-state index is 0.0110. The summed E-state index contributed by atoms with van der Waals surface area (Å²) < 4.78 is 10.7. The third kappa shape index (κ3) is 7.02. The molecule has 0 spiro atoms. The second-order valence-corrected chi connectivity index (χ2v) is 7.22. The molecule has 12 heteroatoms. The second-order valence-electron chi connectivity index (χ2n) is 7.22. The van der Waals surface area contributed by atoms with Crippen LogP contribution in [0.5, 0.6) is 11.5 Å². The minimum atomic E-state index is -0.980. The van der Waals surface area contributed by atoms with Crippen LogP contribution in [-0.4, -0.2) is 58.9 Å². The first-order valence-corrected chi connectivity index (χ1v) is 10.2. The summed E-state index contributed by atoms with van der Waals surface area (Å²) in [6.45, 7) is 1.70. The van der Waals surface area contributed by atoms with E-state index in [1.165, 1.54) is 19.2 Å². The molecule has 1 aliphatic heterocycles. The highest BCUT2D eigenvalue weighted by Gasteiger charge is 2.26.